The first-order valence-electron chi connectivity index (χ1n) is 6.86. The van der Waals surface area contributed by atoms with Crippen LogP contribution in [0.5, 0.6) is 0 Å². The van der Waals surface area contributed by atoms with Crippen LogP contribution < -0.4 is 11.1 Å². The predicted molar refractivity (Wildman–Crippen MR) is 76.8 cm³/mol. The number of nitrogens with zero attached hydrogens (tertiary/aromatic N) is 1. The third-order valence-electron chi connectivity index (χ3n) is 3.52. The van der Waals surface area contributed by atoms with Gasteiger partial charge in [0.05, 0.1) is 6.54 Å². The van der Waals surface area contributed by atoms with Crippen LogP contribution in [0.1, 0.15) is 30.0 Å². The van der Waals surface area contributed by atoms with E-state index in [9.17, 15) is 4.79 Å². The van der Waals surface area contributed by atoms with E-state index in [-0.39, 0.29) is 11.9 Å². The van der Waals surface area contributed by atoms with Crippen molar-refractivity contribution in [3.63, 3.8) is 0 Å². The molecule has 0 radical (unpaired) electrons. The van der Waals surface area contributed by atoms with Gasteiger partial charge in [-0.2, -0.15) is 0 Å². The first kappa shape index (κ1) is 14.0. The first-order chi connectivity index (χ1) is 9.10. The Balaban J connectivity index is 1.97. The van der Waals surface area contributed by atoms with E-state index < -0.39 is 0 Å². The summed E-state index contributed by atoms with van der Waals surface area (Å²) < 4.78 is 0. The van der Waals surface area contributed by atoms with E-state index in [0.29, 0.717) is 19.1 Å². The lowest BCUT2D eigenvalue weighted by Crippen LogP contribution is -2.40. The second kappa shape index (κ2) is 6.17. The van der Waals surface area contributed by atoms with E-state index in [0.717, 1.165) is 12.8 Å². The molecule has 0 saturated heterocycles. The Bertz CT molecular complexity index is 443. The van der Waals surface area contributed by atoms with E-state index in [1.165, 1.54) is 11.1 Å². The summed E-state index contributed by atoms with van der Waals surface area (Å²) in [5.41, 5.74) is 8.26. The summed E-state index contributed by atoms with van der Waals surface area (Å²) in [6.45, 7) is 2.97. The highest BCUT2D eigenvalue weighted by Gasteiger charge is 2.25. The molecular formula is C15H23N3O. The monoisotopic (exact) mass is 261 g/mol. The van der Waals surface area contributed by atoms with Gasteiger partial charge >= 0.3 is 0 Å². The minimum atomic E-state index is 0.0878. The minimum absolute atomic E-state index is 0.0878. The maximum atomic E-state index is 11.8. The molecule has 1 aliphatic rings. The van der Waals surface area contributed by atoms with Gasteiger partial charge in [-0.1, -0.05) is 29.8 Å². The van der Waals surface area contributed by atoms with Crippen molar-refractivity contribution in [3.8, 4) is 0 Å². The van der Waals surface area contributed by atoms with Crippen molar-refractivity contribution in [2.75, 3.05) is 20.1 Å². The summed E-state index contributed by atoms with van der Waals surface area (Å²) in [6, 6.07) is 8.80. The summed E-state index contributed by atoms with van der Waals surface area (Å²) >= 11 is 0. The van der Waals surface area contributed by atoms with Crippen molar-refractivity contribution >= 4 is 5.91 Å². The van der Waals surface area contributed by atoms with Crippen molar-refractivity contribution in [2.45, 2.75) is 31.8 Å². The smallest absolute Gasteiger partial charge is 0.234 e. The molecule has 1 saturated carbocycles. The number of hydrogen-bond acceptors (Lipinski definition) is 3. The molecular weight excluding hydrogens is 238 g/mol. The molecule has 0 aliphatic heterocycles. The quantitative estimate of drug-likeness (QED) is 0.809. The highest BCUT2D eigenvalue weighted by atomic mass is 16.2. The number of amides is 1. The molecule has 1 aliphatic carbocycles. The van der Waals surface area contributed by atoms with E-state index in [1.54, 1.807) is 0 Å². The summed E-state index contributed by atoms with van der Waals surface area (Å²) in [4.78, 5) is 13.8. The number of aryl methyl sites for hydroxylation is 1. The standard InChI is InChI=1S/C15H23N3O/c1-11-4-3-5-12(8-11)14(9-16)18(2)10-15(19)17-13-6-7-13/h3-5,8,13-14H,6-7,9-10,16H2,1-2H3,(H,17,19). The van der Waals surface area contributed by atoms with Crippen LogP contribution in [-0.4, -0.2) is 37.0 Å². The van der Waals surface area contributed by atoms with Crippen molar-refractivity contribution in [1.29, 1.82) is 0 Å². The lowest BCUT2D eigenvalue weighted by molar-refractivity contribution is -0.122. The van der Waals surface area contributed by atoms with E-state index in [1.807, 2.05) is 18.0 Å². The van der Waals surface area contributed by atoms with Crippen molar-refractivity contribution in [2.24, 2.45) is 5.73 Å². The number of likely N-dealkylation sites (N-methyl/N-ethyl adjacent to an activating group) is 1. The molecule has 4 heteroatoms. The maximum Gasteiger partial charge on any atom is 0.234 e. The average molecular weight is 261 g/mol. The molecule has 0 spiro atoms. The largest absolute Gasteiger partial charge is 0.352 e. The summed E-state index contributed by atoms with van der Waals surface area (Å²) in [5, 5.41) is 3.01. The number of carbonyl (C=O) groups is 1. The molecule has 4 nitrogen and oxygen atoms in total. The summed E-state index contributed by atoms with van der Waals surface area (Å²) in [5.74, 6) is 0.0936. The van der Waals surface area contributed by atoms with E-state index in [4.69, 9.17) is 5.73 Å². The Hall–Kier alpha value is -1.39. The van der Waals surface area contributed by atoms with Crippen LogP contribution in [0.15, 0.2) is 24.3 Å². The fourth-order valence-corrected chi connectivity index (χ4v) is 2.29. The zero-order valence-corrected chi connectivity index (χ0v) is 11.7. The van der Waals surface area contributed by atoms with Gasteiger partial charge < -0.3 is 11.1 Å². The Morgan fingerprint density at radius 3 is 2.84 bits per heavy atom. The van der Waals surface area contributed by atoms with Crippen LogP contribution in [0.25, 0.3) is 0 Å². The van der Waals surface area contributed by atoms with Crippen LogP contribution in [0, 0.1) is 6.92 Å². The summed E-state index contributed by atoms with van der Waals surface area (Å²) in [7, 11) is 1.95. The number of carbonyl (C=O) groups excluding carboxylic acids is 1. The van der Waals surface area contributed by atoms with Gasteiger partial charge in [0, 0.05) is 18.6 Å². The lowest BCUT2D eigenvalue weighted by atomic mass is 10.0. The molecule has 104 valence electrons. The van der Waals surface area contributed by atoms with Gasteiger partial charge in [0.15, 0.2) is 0 Å². The van der Waals surface area contributed by atoms with Crippen molar-refractivity contribution in [1.82, 2.24) is 10.2 Å². The number of hydrogen-bond donors (Lipinski definition) is 2. The molecule has 3 N–H and O–H groups in total. The molecule has 0 aromatic heterocycles. The van der Waals surface area contributed by atoms with Crippen LogP contribution >= 0.6 is 0 Å². The molecule has 1 amide bonds. The third-order valence-corrected chi connectivity index (χ3v) is 3.52. The first-order valence-corrected chi connectivity index (χ1v) is 6.86. The normalized spacial score (nSPS) is 16.4. The molecule has 1 unspecified atom stereocenters. The Kier molecular flexibility index (Phi) is 4.56. The summed E-state index contributed by atoms with van der Waals surface area (Å²) in [6.07, 6.45) is 2.24. The van der Waals surface area contributed by atoms with E-state index >= 15 is 0 Å². The molecule has 1 atom stereocenters. The van der Waals surface area contributed by atoms with Gasteiger partial charge in [0.2, 0.25) is 5.91 Å². The van der Waals surface area contributed by atoms with Crippen molar-refractivity contribution in [3.05, 3.63) is 35.4 Å². The Morgan fingerprint density at radius 2 is 2.26 bits per heavy atom. The molecule has 1 fully saturated rings. The molecule has 0 heterocycles. The number of benzene rings is 1. The fourth-order valence-electron chi connectivity index (χ4n) is 2.29. The highest BCUT2D eigenvalue weighted by Crippen LogP contribution is 2.20. The molecule has 1 aromatic carbocycles. The molecule has 1 aromatic rings. The van der Waals surface area contributed by atoms with Crippen molar-refractivity contribution < 1.29 is 4.79 Å². The SMILES string of the molecule is Cc1cccc(C(CN)N(C)CC(=O)NC2CC2)c1. The predicted octanol–water partition coefficient (Wildman–Crippen LogP) is 1.21. The number of nitrogens with one attached hydrogen (secondary N) is 1. The fraction of sp³-hybridized carbons (Fsp3) is 0.533. The van der Waals surface area contributed by atoms with Gasteiger partial charge in [0.1, 0.15) is 0 Å². The van der Waals surface area contributed by atoms with E-state index in [2.05, 4.69) is 30.4 Å². The van der Waals surface area contributed by atoms with Crippen LogP contribution in [0.3, 0.4) is 0 Å². The third kappa shape index (κ3) is 4.04. The van der Waals surface area contributed by atoms with Crippen LogP contribution in [0.4, 0.5) is 0 Å². The van der Waals surface area contributed by atoms with Gasteiger partial charge in [0.25, 0.3) is 0 Å². The van der Waals surface area contributed by atoms with Gasteiger partial charge in [-0.05, 0) is 32.4 Å². The van der Waals surface area contributed by atoms with Crippen LogP contribution in [0.2, 0.25) is 0 Å². The van der Waals surface area contributed by atoms with Crippen LogP contribution in [-0.2, 0) is 4.79 Å². The molecule has 0 bridgehead atoms. The minimum Gasteiger partial charge on any atom is -0.352 e. The maximum absolute atomic E-state index is 11.8. The second-order valence-corrected chi connectivity index (χ2v) is 5.42. The average Bonchev–Trinajstić information content (AvgIpc) is 3.13. The highest BCUT2D eigenvalue weighted by molar-refractivity contribution is 5.78. The Labute approximate surface area is 115 Å². The zero-order valence-electron chi connectivity index (χ0n) is 11.7. The zero-order chi connectivity index (χ0) is 13.8. The Morgan fingerprint density at radius 1 is 1.53 bits per heavy atom. The lowest BCUT2D eigenvalue weighted by Gasteiger charge is -2.27. The molecule has 19 heavy (non-hydrogen) atoms. The second-order valence-electron chi connectivity index (χ2n) is 5.42. The number of nitrogens with two attached hydrogens (primary N) is 1. The number of rotatable bonds is 6. The molecule has 2 rings (SSSR count). The van der Waals surface area contributed by atoms with Gasteiger partial charge in [-0.3, -0.25) is 9.69 Å². The van der Waals surface area contributed by atoms with Gasteiger partial charge in [-0.25, -0.2) is 0 Å². The topological polar surface area (TPSA) is 58.4 Å². The van der Waals surface area contributed by atoms with Gasteiger partial charge in [-0.15, -0.1) is 0 Å².